The van der Waals surface area contributed by atoms with E-state index >= 15 is 0 Å². The lowest BCUT2D eigenvalue weighted by atomic mass is 10.2. The fourth-order valence-electron chi connectivity index (χ4n) is 2.49. The van der Waals surface area contributed by atoms with Crippen LogP contribution in [0.3, 0.4) is 0 Å². The SMILES string of the molecule is Cc1nc2cc(NCc3cnsc3)ccc2n1C(C)CO. The molecule has 6 heteroatoms. The van der Waals surface area contributed by atoms with Crippen LogP contribution in [0.2, 0.25) is 0 Å². The fraction of sp³-hybridized carbons (Fsp3) is 0.333. The molecule has 0 aliphatic carbocycles. The van der Waals surface area contributed by atoms with E-state index < -0.39 is 0 Å². The van der Waals surface area contributed by atoms with Crippen molar-refractivity contribution in [2.75, 3.05) is 11.9 Å². The molecule has 2 heterocycles. The number of aromatic nitrogens is 3. The molecule has 0 amide bonds. The van der Waals surface area contributed by atoms with Gasteiger partial charge in [0.25, 0.3) is 0 Å². The van der Waals surface area contributed by atoms with Gasteiger partial charge >= 0.3 is 0 Å². The summed E-state index contributed by atoms with van der Waals surface area (Å²) in [6.45, 7) is 4.83. The van der Waals surface area contributed by atoms with Gasteiger partial charge in [-0.1, -0.05) is 0 Å². The zero-order valence-electron chi connectivity index (χ0n) is 12.1. The lowest BCUT2D eigenvalue weighted by Crippen LogP contribution is -2.10. The van der Waals surface area contributed by atoms with Gasteiger partial charge in [-0.25, -0.2) is 9.36 Å². The van der Waals surface area contributed by atoms with E-state index in [2.05, 4.69) is 25.3 Å². The van der Waals surface area contributed by atoms with E-state index in [0.717, 1.165) is 29.1 Å². The Balaban J connectivity index is 1.87. The number of fused-ring (bicyclic) bond motifs is 1. The summed E-state index contributed by atoms with van der Waals surface area (Å²) in [7, 11) is 0. The second-order valence-electron chi connectivity index (χ2n) is 5.15. The molecule has 2 aromatic heterocycles. The monoisotopic (exact) mass is 302 g/mol. The second-order valence-corrected chi connectivity index (χ2v) is 5.81. The number of rotatable bonds is 5. The van der Waals surface area contributed by atoms with Crippen molar-refractivity contribution in [2.24, 2.45) is 0 Å². The number of nitrogens with one attached hydrogen (secondary N) is 1. The van der Waals surface area contributed by atoms with Crippen LogP contribution in [0.5, 0.6) is 0 Å². The largest absolute Gasteiger partial charge is 0.394 e. The summed E-state index contributed by atoms with van der Waals surface area (Å²) in [4.78, 5) is 4.59. The van der Waals surface area contributed by atoms with Crippen molar-refractivity contribution >= 4 is 28.3 Å². The molecule has 1 atom stereocenters. The van der Waals surface area contributed by atoms with E-state index in [1.54, 1.807) is 0 Å². The minimum absolute atomic E-state index is 0.0330. The predicted molar refractivity (Wildman–Crippen MR) is 85.7 cm³/mol. The van der Waals surface area contributed by atoms with Gasteiger partial charge in [-0.3, -0.25) is 0 Å². The number of imidazole rings is 1. The number of aliphatic hydroxyl groups excluding tert-OH is 1. The molecule has 21 heavy (non-hydrogen) atoms. The van der Waals surface area contributed by atoms with Gasteiger partial charge in [0.15, 0.2) is 0 Å². The number of aliphatic hydroxyl groups is 1. The summed E-state index contributed by atoms with van der Waals surface area (Å²) in [5, 5.41) is 14.8. The Morgan fingerprint density at radius 2 is 2.29 bits per heavy atom. The highest BCUT2D eigenvalue weighted by Gasteiger charge is 2.12. The maximum atomic E-state index is 9.37. The van der Waals surface area contributed by atoms with Gasteiger partial charge in [-0.2, -0.15) is 0 Å². The quantitative estimate of drug-likeness (QED) is 0.760. The van der Waals surface area contributed by atoms with Crippen molar-refractivity contribution in [3.8, 4) is 0 Å². The van der Waals surface area contributed by atoms with Crippen LogP contribution in [0.4, 0.5) is 5.69 Å². The van der Waals surface area contributed by atoms with Crippen molar-refractivity contribution in [1.82, 2.24) is 13.9 Å². The molecule has 3 aromatic rings. The Morgan fingerprint density at radius 1 is 1.43 bits per heavy atom. The predicted octanol–water partition coefficient (Wildman–Crippen LogP) is 2.97. The Kier molecular flexibility index (Phi) is 3.90. The fourth-order valence-corrected chi connectivity index (χ4v) is 3.02. The van der Waals surface area contributed by atoms with Gasteiger partial charge < -0.3 is 15.0 Å². The number of nitrogens with zero attached hydrogens (tertiary/aromatic N) is 3. The van der Waals surface area contributed by atoms with E-state index in [-0.39, 0.29) is 12.6 Å². The van der Waals surface area contributed by atoms with E-state index in [9.17, 15) is 5.11 Å². The summed E-state index contributed by atoms with van der Waals surface area (Å²) in [6.07, 6.45) is 1.87. The first-order valence-corrected chi connectivity index (χ1v) is 7.74. The van der Waals surface area contributed by atoms with Crippen LogP contribution in [0, 0.1) is 6.92 Å². The highest BCUT2D eigenvalue weighted by Crippen LogP contribution is 2.24. The summed E-state index contributed by atoms with van der Waals surface area (Å²) in [5.74, 6) is 0.922. The van der Waals surface area contributed by atoms with Crippen molar-refractivity contribution in [3.05, 3.63) is 41.2 Å². The van der Waals surface area contributed by atoms with E-state index in [0.29, 0.717) is 0 Å². The molecule has 3 rings (SSSR count). The van der Waals surface area contributed by atoms with Gasteiger partial charge in [-0.05, 0) is 43.6 Å². The topological polar surface area (TPSA) is 63.0 Å². The molecular formula is C15H18N4OS. The molecule has 0 spiro atoms. The van der Waals surface area contributed by atoms with Gasteiger partial charge in [0, 0.05) is 29.4 Å². The van der Waals surface area contributed by atoms with Gasteiger partial charge in [0.2, 0.25) is 0 Å². The van der Waals surface area contributed by atoms with E-state index in [1.807, 2.05) is 37.6 Å². The van der Waals surface area contributed by atoms with Crippen molar-refractivity contribution < 1.29 is 5.11 Å². The van der Waals surface area contributed by atoms with Crippen molar-refractivity contribution in [2.45, 2.75) is 26.4 Å². The van der Waals surface area contributed by atoms with E-state index in [1.165, 1.54) is 17.1 Å². The molecule has 5 nitrogen and oxygen atoms in total. The number of hydrogen-bond donors (Lipinski definition) is 2. The molecule has 1 aromatic carbocycles. The van der Waals surface area contributed by atoms with Crippen LogP contribution in [-0.2, 0) is 6.54 Å². The van der Waals surface area contributed by atoms with Crippen LogP contribution in [0.1, 0.15) is 24.4 Å². The molecule has 0 radical (unpaired) electrons. The zero-order chi connectivity index (χ0) is 14.8. The normalized spacial score (nSPS) is 12.7. The Morgan fingerprint density at radius 3 is 3.00 bits per heavy atom. The van der Waals surface area contributed by atoms with Gasteiger partial charge in [-0.15, -0.1) is 0 Å². The van der Waals surface area contributed by atoms with Crippen molar-refractivity contribution in [1.29, 1.82) is 0 Å². The molecule has 2 N–H and O–H groups in total. The number of anilines is 1. The minimum atomic E-state index is 0.0330. The van der Waals surface area contributed by atoms with Crippen LogP contribution < -0.4 is 5.32 Å². The summed E-state index contributed by atoms with van der Waals surface area (Å²) in [6, 6.07) is 6.17. The lowest BCUT2D eigenvalue weighted by Gasteiger charge is -2.13. The van der Waals surface area contributed by atoms with Crippen LogP contribution in [-0.4, -0.2) is 25.6 Å². The summed E-state index contributed by atoms with van der Waals surface area (Å²) < 4.78 is 6.16. The highest BCUT2D eigenvalue weighted by molar-refractivity contribution is 7.03. The molecule has 0 fully saturated rings. The third-order valence-electron chi connectivity index (χ3n) is 3.55. The molecule has 1 unspecified atom stereocenters. The number of hydrogen-bond acceptors (Lipinski definition) is 5. The van der Waals surface area contributed by atoms with Crippen molar-refractivity contribution in [3.63, 3.8) is 0 Å². The van der Waals surface area contributed by atoms with Crippen LogP contribution in [0.25, 0.3) is 11.0 Å². The third kappa shape index (κ3) is 2.77. The summed E-state index contributed by atoms with van der Waals surface area (Å²) in [5.41, 5.74) is 4.21. The van der Waals surface area contributed by atoms with Gasteiger partial charge in [0.1, 0.15) is 5.82 Å². The van der Waals surface area contributed by atoms with E-state index in [4.69, 9.17) is 0 Å². The maximum Gasteiger partial charge on any atom is 0.107 e. The summed E-state index contributed by atoms with van der Waals surface area (Å²) >= 11 is 1.46. The minimum Gasteiger partial charge on any atom is -0.394 e. The average molecular weight is 302 g/mol. The first-order valence-electron chi connectivity index (χ1n) is 6.90. The smallest absolute Gasteiger partial charge is 0.107 e. The zero-order valence-corrected chi connectivity index (χ0v) is 12.9. The first-order chi connectivity index (χ1) is 10.2. The molecule has 0 bridgehead atoms. The molecule has 0 aliphatic heterocycles. The molecule has 0 saturated carbocycles. The number of aryl methyl sites for hydroxylation is 1. The number of benzene rings is 1. The Labute approximate surface area is 127 Å². The first kappa shape index (κ1) is 14.0. The molecule has 0 aliphatic rings. The van der Waals surface area contributed by atoms with Crippen LogP contribution >= 0.6 is 11.5 Å². The average Bonchev–Trinajstić information content (AvgIpc) is 3.10. The standard InChI is InChI=1S/C15H18N4OS/c1-10(8-20)19-11(2)18-14-5-13(3-4-15(14)19)16-6-12-7-17-21-9-12/h3-5,7,9-10,16,20H,6,8H2,1-2H3. The molecule has 0 saturated heterocycles. The molecule has 110 valence electrons. The lowest BCUT2D eigenvalue weighted by molar-refractivity contribution is 0.239. The Hall–Kier alpha value is -1.92. The Bertz CT molecular complexity index is 736. The van der Waals surface area contributed by atoms with Gasteiger partial charge in [0.05, 0.1) is 23.7 Å². The molecular weight excluding hydrogens is 284 g/mol. The third-order valence-corrected chi connectivity index (χ3v) is 4.19. The highest BCUT2D eigenvalue weighted by atomic mass is 32.1. The maximum absolute atomic E-state index is 9.37. The van der Waals surface area contributed by atoms with Crippen LogP contribution in [0.15, 0.2) is 29.8 Å². The second kappa shape index (κ2) is 5.83.